The van der Waals surface area contributed by atoms with E-state index in [1.54, 1.807) is 25.2 Å². The Labute approximate surface area is 120 Å². The number of nitrogens with zero attached hydrogens (tertiary/aromatic N) is 4. The number of aromatic nitrogens is 4. The maximum absolute atomic E-state index is 12.1. The Morgan fingerprint density at radius 3 is 2.71 bits per heavy atom. The van der Waals surface area contributed by atoms with Crippen LogP contribution in [-0.4, -0.2) is 37.2 Å². The van der Waals surface area contributed by atoms with Gasteiger partial charge in [0, 0.05) is 11.6 Å². The van der Waals surface area contributed by atoms with Crippen molar-refractivity contribution in [3.05, 3.63) is 41.0 Å². The molecular formula is C13H13N5O3. The number of amides is 1. The van der Waals surface area contributed by atoms with Crippen molar-refractivity contribution in [2.24, 2.45) is 7.05 Å². The number of hydrogen-bond donors (Lipinski definition) is 2. The number of carboxylic acids is 1. The molecule has 0 atom stereocenters. The first-order valence-electron chi connectivity index (χ1n) is 6.02. The molecule has 0 spiro atoms. The van der Waals surface area contributed by atoms with Gasteiger partial charge in [0.05, 0.1) is 7.05 Å². The van der Waals surface area contributed by atoms with Gasteiger partial charge in [0.25, 0.3) is 11.9 Å². The van der Waals surface area contributed by atoms with Gasteiger partial charge in [-0.25, -0.2) is 4.79 Å². The van der Waals surface area contributed by atoms with Gasteiger partial charge in [-0.2, -0.15) is 4.80 Å². The molecule has 0 unspecified atom stereocenters. The first kappa shape index (κ1) is 14.4. The number of tetrazole rings is 1. The summed E-state index contributed by atoms with van der Waals surface area (Å²) in [6, 6.07) is 5.04. The van der Waals surface area contributed by atoms with Crippen LogP contribution < -0.4 is 5.32 Å². The quantitative estimate of drug-likeness (QED) is 0.807. The van der Waals surface area contributed by atoms with Crippen LogP contribution in [0.1, 0.15) is 21.5 Å². The smallest absolute Gasteiger partial charge is 0.328 e. The average molecular weight is 287 g/mol. The average Bonchev–Trinajstić information content (AvgIpc) is 2.81. The molecule has 1 aromatic carbocycles. The molecule has 0 saturated carbocycles. The van der Waals surface area contributed by atoms with E-state index in [4.69, 9.17) is 5.11 Å². The van der Waals surface area contributed by atoms with Crippen molar-refractivity contribution in [1.29, 1.82) is 0 Å². The van der Waals surface area contributed by atoms with Crippen LogP contribution in [0.5, 0.6) is 0 Å². The molecule has 8 nitrogen and oxygen atoms in total. The van der Waals surface area contributed by atoms with Gasteiger partial charge in [0.2, 0.25) is 0 Å². The Hall–Kier alpha value is -3.03. The highest BCUT2D eigenvalue weighted by Gasteiger charge is 2.10. The minimum Gasteiger partial charge on any atom is -0.478 e. The molecule has 21 heavy (non-hydrogen) atoms. The maximum atomic E-state index is 12.1. The van der Waals surface area contributed by atoms with Crippen molar-refractivity contribution in [1.82, 2.24) is 20.2 Å². The van der Waals surface area contributed by atoms with Gasteiger partial charge in [0.1, 0.15) is 0 Å². The van der Waals surface area contributed by atoms with Crippen molar-refractivity contribution >= 4 is 23.9 Å². The second kappa shape index (κ2) is 5.95. The fourth-order valence-corrected chi connectivity index (χ4v) is 1.72. The fraction of sp³-hybridized carbons (Fsp3) is 0.154. The van der Waals surface area contributed by atoms with Crippen molar-refractivity contribution in [2.75, 3.05) is 5.32 Å². The zero-order chi connectivity index (χ0) is 15.4. The maximum Gasteiger partial charge on any atom is 0.328 e. The summed E-state index contributed by atoms with van der Waals surface area (Å²) in [6.07, 6.45) is 2.44. The molecule has 0 bridgehead atoms. The largest absolute Gasteiger partial charge is 0.478 e. The topological polar surface area (TPSA) is 110 Å². The number of carboxylic acid groups (broad SMARTS) is 1. The molecule has 2 aromatic rings. The van der Waals surface area contributed by atoms with Crippen molar-refractivity contribution in [2.45, 2.75) is 6.92 Å². The first-order chi connectivity index (χ1) is 9.94. The van der Waals surface area contributed by atoms with E-state index in [2.05, 4.69) is 20.7 Å². The number of anilines is 1. The van der Waals surface area contributed by atoms with Gasteiger partial charge in [0.15, 0.2) is 0 Å². The number of aryl methyl sites for hydroxylation is 2. The molecule has 108 valence electrons. The Morgan fingerprint density at radius 2 is 2.10 bits per heavy atom. The van der Waals surface area contributed by atoms with E-state index in [1.165, 1.54) is 10.9 Å². The summed E-state index contributed by atoms with van der Waals surface area (Å²) in [5, 5.41) is 22.3. The van der Waals surface area contributed by atoms with E-state index in [-0.39, 0.29) is 5.95 Å². The Balaban J connectivity index is 2.22. The molecule has 0 fully saturated rings. The third-order valence-electron chi connectivity index (χ3n) is 2.51. The SMILES string of the molecule is Cc1cc(/C=C/C(=O)O)cc(C(=O)Nc2nnn(C)n2)c1. The van der Waals surface area contributed by atoms with Gasteiger partial charge < -0.3 is 5.11 Å². The van der Waals surface area contributed by atoms with Crippen LogP contribution in [-0.2, 0) is 11.8 Å². The second-order valence-corrected chi connectivity index (χ2v) is 4.36. The van der Waals surface area contributed by atoms with Crippen LogP contribution in [0.3, 0.4) is 0 Å². The number of aliphatic carboxylic acids is 1. The number of hydrogen-bond acceptors (Lipinski definition) is 5. The van der Waals surface area contributed by atoms with Gasteiger partial charge in [-0.1, -0.05) is 11.2 Å². The molecule has 0 aliphatic carbocycles. The number of rotatable bonds is 4. The van der Waals surface area contributed by atoms with Crippen molar-refractivity contribution in [3.8, 4) is 0 Å². The lowest BCUT2D eigenvalue weighted by molar-refractivity contribution is -0.131. The van der Waals surface area contributed by atoms with Gasteiger partial charge in [-0.05, 0) is 41.5 Å². The van der Waals surface area contributed by atoms with E-state index >= 15 is 0 Å². The minimum absolute atomic E-state index is 0.103. The highest BCUT2D eigenvalue weighted by atomic mass is 16.4. The summed E-state index contributed by atoms with van der Waals surface area (Å²) in [6.45, 7) is 1.81. The summed E-state index contributed by atoms with van der Waals surface area (Å²) in [5.41, 5.74) is 1.84. The summed E-state index contributed by atoms with van der Waals surface area (Å²) in [4.78, 5) is 23.9. The zero-order valence-corrected chi connectivity index (χ0v) is 11.4. The molecule has 2 rings (SSSR count). The van der Waals surface area contributed by atoms with Crippen LogP contribution in [0.25, 0.3) is 6.08 Å². The highest BCUT2D eigenvalue weighted by molar-refractivity contribution is 6.03. The predicted octanol–water partition coefficient (Wildman–Crippen LogP) is 0.869. The normalized spacial score (nSPS) is 10.8. The predicted molar refractivity (Wildman–Crippen MR) is 74.6 cm³/mol. The van der Waals surface area contributed by atoms with E-state index in [0.717, 1.165) is 11.6 Å². The molecular weight excluding hydrogens is 274 g/mol. The van der Waals surface area contributed by atoms with Gasteiger partial charge >= 0.3 is 5.97 Å². The summed E-state index contributed by atoms with van der Waals surface area (Å²) >= 11 is 0. The number of benzene rings is 1. The molecule has 8 heteroatoms. The first-order valence-corrected chi connectivity index (χ1v) is 6.02. The molecule has 0 saturated heterocycles. The van der Waals surface area contributed by atoms with Crippen molar-refractivity contribution in [3.63, 3.8) is 0 Å². The zero-order valence-electron chi connectivity index (χ0n) is 11.4. The lowest BCUT2D eigenvalue weighted by Crippen LogP contribution is -2.13. The second-order valence-electron chi connectivity index (χ2n) is 4.36. The standard InChI is InChI=1S/C13H13N5O3/c1-8-5-9(3-4-11(19)20)7-10(6-8)12(21)14-13-15-17-18(2)16-13/h3-7H,1-2H3,(H,19,20)(H,14,16,21)/b4-3+. The Morgan fingerprint density at radius 1 is 1.33 bits per heavy atom. The van der Waals surface area contributed by atoms with Crippen molar-refractivity contribution < 1.29 is 14.7 Å². The molecule has 1 heterocycles. The fourth-order valence-electron chi connectivity index (χ4n) is 1.72. The summed E-state index contributed by atoms with van der Waals surface area (Å²) in [5.74, 6) is -1.34. The molecule has 0 aliphatic heterocycles. The van der Waals surface area contributed by atoms with E-state index in [1.807, 2.05) is 6.92 Å². The number of nitrogens with one attached hydrogen (secondary N) is 1. The summed E-state index contributed by atoms with van der Waals surface area (Å²) in [7, 11) is 1.59. The van der Waals surface area contributed by atoms with Crippen LogP contribution in [0, 0.1) is 6.92 Å². The number of carbonyl (C=O) groups is 2. The lowest BCUT2D eigenvalue weighted by atomic mass is 10.1. The monoisotopic (exact) mass is 287 g/mol. The Kier molecular flexibility index (Phi) is 4.07. The van der Waals surface area contributed by atoms with Crippen LogP contribution >= 0.6 is 0 Å². The van der Waals surface area contributed by atoms with Crippen LogP contribution in [0.4, 0.5) is 5.95 Å². The number of carbonyl (C=O) groups excluding carboxylic acids is 1. The third kappa shape index (κ3) is 3.96. The highest BCUT2D eigenvalue weighted by Crippen LogP contribution is 2.12. The van der Waals surface area contributed by atoms with E-state index in [0.29, 0.717) is 11.1 Å². The van der Waals surface area contributed by atoms with E-state index < -0.39 is 11.9 Å². The molecule has 0 radical (unpaired) electrons. The van der Waals surface area contributed by atoms with Gasteiger partial charge in [-0.3, -0.25) is 10.1 Å². The summed E-state index contributed by atoms with van der Waals surface area (Å²) < 4.78 is 0. The van der Waals surface area contributed by atoms with Crippen LogP contribution in [0.15, 0.2) is 24.3 Å². The molecule has 2 N–H and O–H groups in total. The molecule has 0 aliphatic rings. The van der Waals surface area contributed by atoms with Gasteiger partial charge in [-0.15, -0.1) is 5.10 Å². The van der Waals surface area contributed by atoms with Crippen LogP contribution in [0.2, 0.25) is 0 Å². The minimum atomic E-state index is -1.05. The third-order valence-corrected chi connectivity index (χ3v) is 2.51. The molecule has 1 amide bonds. The van der Waals surface area contributed by atoms with E-state index in [9.17, 15) is 9.59 Å². The molecule has 1 aromatic heterocycles. The lowest BCUT2D eigenvalue weighted by Gasteiger charge is -2.04. The Bertz CT molecular complexity index is 720.